The molecule has 0 amide bonds. The third kappa shape index (κ3) is 6.67. The molecule has 1 fully saturated rings. The number of carboxylic acid groups (broad SMARTS) is 1. The third-order valence-corrected chi connectivity index (χ3v) is 1.58. The van der Waals surface area contributed by atoms with Crippen molar-refractivity contribution >= 4 is 5.97 Å². The standard InChI is InChI=1S/C5H12N2.C2HF3O2/c6-5-2-1-3-7-4-5;3-2(4,5)1(6)7/h5,7H,1-4,6H2;(H,6,7)/t5-;/m0./s1. The van der Waals surface area contributed by atoms with Gasteiger partial charge in [-0.2, -0.15) is 13.2 Å². The lowest BCUT2D eigenvalue weighted by molar-refractivity contribution is -0.192. The topological polar surface area (TPSA) is 75.3 Å². The van der Waals surface area contributed by atoms with Crippen molar-refractivity contribution in [2.45, 2.75) is 25.1 Å². The molecule has 1 atom stereocenters. The Kier molecular flexibility index (Phi) is 5.47. The summed E-state index contributed by atoms with van der Waals surface area (Å²) in [6.07, 6.45) is -2.63. The monoisotopic (exact) mass is 214 g/mol. The number of hydrogen-bond donors (Lipinski definition) is 3. The van der Waals surface area contributed by atoms with E-state index >= 15 is 0 Å². The Bertz CT molecular complexity index is 178. The van der Waals surface area contributed by atoms with Gasteiger partial charge in [-0.1, -0.05) is 0 Å². The minimum absolute atomic E-state index is 0.425. The number of aliphatic carboxylic acids is 1. The molecule has 1 saturated heterocycles. The van der Waals surface area contributed by atoms with E-state index in [2.05, 4.69) is 5.32 Å². The van der Waals surface area contributed by atoms with Gasteiger partial charge in [0.05, 0.1) is 0 Å². The maximum atomic E-state index is 10.6. The fourth-order valence-corrected chi connectivity index (χ4v) is 0.879. The van der Waals surface area contributed by atoms with Crippen LogP contribution in [0.15, 0.2) is 0 Å². The lowest BCUT2D eigenvalue weighted by atomic mass is 10.1. The number of hydrogen-bond acceptors (Lipinski definition) is 3. The minimum Gasteiger partial charge on any atom is -0.475 e. The molecule has 1 rings (SSSR count). The van der Waals surface area contributed by atoms with Crippen molar-refractivity contribution in [3.63, 3.8) is 0 Å². The molecule has 0 spiro atoms. The van der Waals surface area contributed by atoms with Crippen LogP contribution in [0.3, 0.4) is 0 Å². The third-order valence-electron chi connectivity index (χ3n) is 1.58. The highest BCUT2D eigenvalue weighted by Gasteiger charge is 2.38. The Morgan fingerprint density at radius 2 is 2.00 bits per heavy atom. The summed E-state index contributed by atoms with van der Waals surface area (Å²) in [4.78, 5) is 8.90. The molecule has 1 aliphatic rings. The van der Waals surface area contributed by atoms with Gasteiger partial charge in [-0.15, -0.1) is 0 Å². The molecule has 1 heterocycles. The van der Waals surface area contributed by atoms with Crippen LogP contribution < -0.4 is 11.1 Å². The van der Waals surface area contributed by atoms with Crippen molar-refractivity contribution < 1.29 is 23.1 Å². The van der Waals surface area contributed by atoms with Gasteiger partial charge in [0.1, 0.15) is 0 Å². The van der Waals surface area contributed by atoms with E-state index < -0.39 is 12.1 Å². The zero-order valence-corrected chi connectivity index (χ0v) is 7.47. The molecule has 4 nitrogen and oxygen atoms in total. The van der Waals surface area contributed by atoms with Crippen LogP contribution in [-0.2, 0) is 4.79 Å². The number of alkyl halides is 3. The summed E-state index contributed by atoms with van der Waals surface area (Å²) in [5.41, 5.74) is 5.57. The molecule has 0 aromatic heterocycles. The number of carboxylic acids is 1. The number of nitrogens with one attached hydrogen (secondary N) is 1. The second kappa shape index (κ2) is 5.82. The zero-order chi connectivity index (χ0) is 11.2. The first kappa shape index (κ1) is 13.2. The van der Waals surface area contributed by atoms with Gasteiger partial charge in [0.15, 0.2) is 0 Å². The molecule has 0 bridgehead atoms. The van der Waals surface area contributed by atoms with Crippen LogP contribution in [0.5, 0.6) is 0 Å². The number of halogens is 3. The maximum Gasteiger partial charge on any atom is 0.490 e. The van der Waals surface area contributed by atoms with Crippen molar-refractivity contribution in [3.05, 3.63) is 0 Å². The minimum atomic E-state index is -5.08. The van der Waals surface area contributed by atoms with Gasteiger partial charge in [0.25, 0.3) is 0 Å². The van der Waals surface area contributed by atoms with E-state index in [1.807, 2.05) is 0 Å². The summed E-state index contributed by atoms with van der Waals surface area (Å²) in [5, 5.41) is 10.3. The summed E-state index contributed by atoms with van der Waals surface area (Å²) in [7, 11) is 0. The lowest BCUT2D eigenvalue weighted by Crippen LogP contribution is -2.39. The van der Waals surface area contributed by atoms with E-state index in [0.29, 0.717) is 6.04 Å². The quantitative estimate of drug-likeness (QED) is 0.543. The zero-order valence-electron chi connectivity index (χ0n) is 7.47. The number of carbonyl (C=O) groups is 1. The van der Waals surface area contributed by atoms with E-state index in [0.717, 1.165) is 13.1 Å². The average Bonchev–Trinajstić information content (AvgIpc) is 2.04. The van der Waals surface area contributed by atoms with Crippen molar-refractivity contribution in [3.8, 4) is 0 Å². The van der Waals surface area contributed by atoms with E-state index in [9.17, 15) is 13.2 Å². The molecule has 0 unspecified atom stereocenters. The summed E-state index contributed by atoms with van der Waals surface area (Å²) >= 11 is 0. The highest BCUT2D eigenvalue weighted by atomic mass is 19.4. The first-order valence-corrected chi connectivity index (χ1v) is 4.10. The Morgan fingerprint density at radius 3 is 2.14 bits per heavy atom. The van der Waals surface area contributed by atoms with Gasteiger partial charge in [-0.25, -0.2) is 4.79 Å². The molecule has 1 aliphatic heterocycles. The van der Waals surface area contributed by atoms with E-state index in [1.54, 1.807) is 0 Å². The van der Waals surface area contributed by atoms with Gasteiger partial charge in [0.2, 0.25) is 0 Å². The van der Waals surface area contributed by atoms with Crippen LogP contribution in [-0.4, -0.2) is 36.4 Å². The van der Waals surface area contributed by atoms with Crippen LogP contribution in [0, 0.1) is 0 Å². The maximum absolute atomic E-state index is 10.6. The fourth-order valence-electron chi connectivity index (χ4n) is 0.879. The molecule has 4 N–H and O–H groups in total. The van der Waals surface area contributed by atoms with Gasteiger partial charge < -0.3 is 16.2 Å². The second-order valence-electron chi connectivity index (χ2n) is 2.91. The van der Waals surface area contributed by atoms with E-state index in [1.165, 1.54) is 12.8 Å². The molecule has 0 aliphatic carbocycles. The molecular formula is C7H13F3N2O2. The van der Waals surface area contributed by atoms with E-state index in [4.69, 9.17) is 15.6 Å². The second-order valence-corrected chi connectivity index (χ2v) is 2.91. The molecule has 0 saturated carbocycles. The van der Waals surface area contributed by atoms with Crippen molar-refractivity contribution in [2.75, 3.05) is 13.1 Å². The molecule has 14 heavy (non-hydrogen) atoms. The van der Waals surface area contributed by atoms with Gasteiger partial charge in [0, 0.05) is 12.6 Å². The highest BCUT2D eigenvalue weighted by molar-refractivity contribution is 5.73. The number of piperidine rings is 1. The summed E-state index contributed by atoms with van der Waals surface area (Å²) in [6, 6.07) is 0.425. The fraction of sp³-hybridized carbons (Fsp3) is 0.857. The van der Waals surface area contributed by atoms with Crippen molar-refractivity contribution in [1.29, 1.82) is 0 Å². The molecule has 0 aromatic carbocycles. The van der Waals surface area contributed by atoms with Crippen LogP contribution in [0.2, 0.25) is 0 Å². The smallest absolute Gasteiger partial charge is 0.475 e. The Labute approximate surface area is 79.3 Å². The van der Waals surface area contributed by atoms with Crippen LogP contribution in [0.25, 0.3) is 0 Å². The summed E-state index contributed by atoms with van der Waals surface area (Å²) < 4.78 is 31.7. The van der Waals surface area contributed by atoms with Crippen LogP contribution in [0.4, 0.5) is 13.2 Å². The Hall–Kier alpha value is -0.820. The first-order chi connectivity index (χ1) is 6.34. The molecule has 84 valence electrons. The largest absolute Gasteiger partial charge is 0.490 e. The van der Waals surface area contributed by atoms with Crippen LogP contribution >= 0.6 is 0 Å². The van der Waals surface area contributed by atoms with Crippen molar-refractivity contribution in [1.82, 2.24) is 5.32 Å². The molecule has 0 radical (unpaired) electrons. The molecular weight excluding hydrogens is 201 g/mol. The number of nitrogens with two attached hydrogens (primary N) is 1. The van der Waals surface area contributed by atoms with Gasteiger partial charge >= 0.3 is 12.1 Å². The first-order valence-electron chi connectivity index (χ1n) is 4.10. The average molecular weight is 214 g/mol. The highest BCUT2D eigenvalue weighted by Crippen LogP contribution is 2.13. The predicted octanol–water partition coefficient (Wildman–Crippen LogP) is 0.330. The predicted molar refractivity (Wildman–Crippen MR) is 43.8 cm³/mol. The Morgan fingerprint density at radius 1 is 1.50 bits per heavy atom. The Balaban J connectivity index is 0.000000241. The lowest BCUT2D eigenvalue weighted by Gasteiger charge is -2.17. The number of rotatable bonds is 0. The van der Waals surface area contributed by atoms with E-state index in [-0.39, 0.29) is 0 Å². The van der Waals surface area contributed by atoms with Crippen molar-refractivity contribution in [2.24, 2.45) is 5.73 Å². The SMILES string of the molecule is N[C@H]1CCCNC1.O=C(O)C(F)(F)F. The molecule has 0 aromatic rings. The molecule has 7 heteroatoms. The summed E-state index contributed by atoms with van der Waals surface area (Å²) in [6.45, 7) is 2.17. The van der Waals surface area contributed by atoms with Crippen LogP contribution in [0.1, 0.15) is 12.8 Å². The summed E-state index contributed by atoms with van der Waals surface area (Å²) in [5.74, 6) is -2.76. The van der Waals surface area contributed by atoms with Gasteiger partial charge in [-0.3, -0.25) is 0 Å². The van der Waals surface area contributed by atoms with Gasteiger partial charge in [-0.05, 0) is 19.4 Å². The normalized spacial score (nSPS) is 22.1.